The second kappa shape index (κ2) is 18.5. The number of carbonyl (C=O) groups excluding carboxylic acids is 1. The van der Waals surface area contributed by atoms with E-state index in [1.807, 2.05) is 6.92 Å². The highest BCUT2D eigenvalue weighted by Gasteiger charge is 2.21. The highest BCUT2D eigenvalue weighted by Crippen LogP contribution is 2.17. The predicted octanol–water partition coefficient (Wildman–Crippen LogP) is 7.72. The number of nitrogens with one attached hydrogen (secondary N) is 1. The Morgan fingerprint density at radius 2 is 1.29 bits per heavy atom. The fourth-order valence-electron chi connectivity index (χ4n) is 3.50. The number of hydrogen-bond donors (Lipinski definition) is 1. The molecule has 1 N–H and O–H groups in total. The van der Waals surface area contributed by atoms with E-state index in [1.54, 1.807) is 6.92 Å². The summed E-state index contributed by atoms with van der Waals surface area (Å²) < 4.78 is 5.32. The van der Waals surface area contributed by atoms with Crippen molar-refractivity contribution in [3.05, 3.63) is 12.2 Å². The van der Waals surface area contributed by atoms with E-state index in [1.165, 1.54) is 83.5 Å². The van der Waals surface area contributed by atoms with Crippen LogP contribution in [0.2, 0.25) is 0 Å². The van der Waals surface area contributed by atoms with E-state index in [2.05, 4.69) is 32.7 Å². The Balaban J connectivity index is 0. The molecule has 0 aromatic heterocycles. The molecule has 0 saturated carbocycles. The molecule has 0 amide bonds. The van der Waals surface area contributed by atoms with Gasteiger partial charge in [-0.3, -0.25) is 5.32 Å². The average Bonchev–Trinajstić information content (AvgIpc) is 2.58. The molecule has 0 bridgehead atoms. The van der Waals surface area contributed by atoms with Crippen molar-refractivity contribution in [1.82, 2.24) is 5.32 Å². The van der Waals surface area contributed by atoms with Crippen molar-refractivity contribution in [1.29, 1.82) is 0 Å². The Bertz CT molecular complexity index is 396. The lowest BCUT2D eigenvalue weighted by Crippen LogP contribution is -2.46. The van der Waals surface area contributed by atoms with Crippen LogP contribution in [0.3, 0.4) is 0 Å². The van der Waals surface area contributed by atoms with E-state index >= 15 is 0 Å². The van der Waals surface area contributed by atoms with E-state index in [9.17, 15) is 4.79 Å². The van der Waals surface area contributed by atoms with Gasteiger partial charge in [-0.25, -0.2) is 4.79 Å². The van der Waals surface area contributed by atoms with Gasteiger partial charge in [-0.05, 0) is 34.1 Å². The molecular formula is C24H48ClNO2. The molecule has 0 aliphatic carbocycles. The minimum absolute atomic E-state index is 0. The van der Waals surface area contributed by atoms with E-state index < -0.39 is 0 Å². The molecule has 0 aromatic carbocycles. The van der Waals surface area contributed by atoms with Gasteiger partial charge in [0.05, 0.1) is 0 Å². The Morgan fingerprint density at radius 3 is 1.68 bits per heavy atom. The maximum absolute atomic E-state index is 11.6. The maximum atomic E-state index is 11.6. The van der Waals surface area contributed by atoms with Gasteiger partial charge in [-0.1, -0.05) is 97.0 Å². The van der Waals surface area contributed by atoms with Gasteiger partial charge in [-0.2, -0.15) is 0 Å². The van der Waals surface area contributed by atoms with Gasteiger partial charge in [0.2, 0.25) is 0 Å². The summed E-state index contributed by atoms with van der Waals surface area (Å²) in [5, 5.41) is 3.40. The molecule has 0 spiro atoms. The standard InChI is InChI=1S/C24H47NO2.ClH/c1-7-8-9-10-11-12-13-14-15-16-17-18-19-20-24(5,6)25-22(4)27-23(26)21(2)3;/h22,25H,2,7-20H2,1,3-6H3;1H. The lowest BCUT2D eigenvalue weighted by Gasteiger charge is -2.30. The van der Waals surface area contributed by atoms with E-state index in [-0.39, 0.29) is 30.1 Å². The fourth-order valence-corrected chi connectivity index (χ4v) is 3.50. The summed E-state index contributed by atoms with van der Waals surface area (Å²) >= 11 is 0. The van der Waals surface area contributed by atoms with Crippen LogP contribution in [0.15, 0.2) is 12.2 Å². The number of unbranched alkanes of at least 4 members (excludes halogenated alkanes) is 12. The first-order chi connectivity index (χ1) is 12.8. The van der Waals surface area contributed by atoms with Crippen LogP contribution in [0.4, 0.5) is 0 Å². The topological polar surface area (TPSA) is 38.3 Å². The first-order valence-electron chi connectivity index (χ1n) is 11.4. The van der Waals surface area contributed by atoms with Crippen molar-refractivity contribution in [3.8, 4) is 0 Å². The van der Waals surface area contributed by atoms with Crippen molar-refractivity contribution in [3.63, 3.8) is 0 Å². The van der Waals surface area contributed by atoms with Crippen LogP contribution in [0, 0.1) is 0 Å². The molecule has 0 aromatic rings. The van der Waals surface area contributed by atoms with Gasteiger partial charge in [-0.15, -0.1) is 12.4 Å². The van der Waals surface area contributed by atoms with Gasteiger partial charge >= 0.3 is 5.97 Å². The molecule has 1 atom stereocenters. The molecule has 0 radical (unpaired) electrons. The molecule has 0 rings (SSSR count). The van der Waals surface area contributed by atoms with Gasteiger partial charge < -0.3 is 4.74 Å². The van der Waals surface area contributed by atoms with Gasteiger partial charge in [0, 0.05) is 11.1 Å². The van der Waals surface area contributed by atoms with Crippen LogP contribution in [0.5, 0.6) is 0 Å². The Hall–Kier alpha value is -0.540. The number of hydrogen-bond acceptors (Lipinski definition) is 3. The van der Waals surface area contributed by atoms with Crippen molar-refractivity contribution in [2.45, 2.75) is 136 Å². The zero-order chi connectivity index (χ0) is 20.5. The monoisotopic (exact) mass is 417 g/mol. The van der Waals surface area contributed by atoms with Crippen molar-refractivity contribution in [2.24, 2.45) is 0 Å². The Labute approximate surface area is 181 Å². The van der Waals surface area contributed by atoms with Crippen LogP contribution in [-0.2, 0) is 9.53 Å². The summed E-state index contributed by atoms with van der Waals surface area (Å²) in [6.07, 6.45) is 18.7. The van der Waals surface area contributed by atoms with Crippen LogP contribution in [0.1, 0.15) is 125 Å². The summed E-state index contributed by atoms with van der Waals surface area (Å²) in [6, 6.07) is 0. The highest BCUT2D eigenvalue weighted by molar-refractivity contribution is 5.87. The molecule has 0 fully saturated rings. The largest absolute Gasteiger partial charge is 0.444 e. The zero-order valence-corrected chi connectivity index (χ0v) is 20.2. The number of rotatable bonds is 18. The summed E-state index contributed by atoms with van der Waals surface area (Å²) in [5.41, 5.74) is 0.421. The van der Waals surface area contributed by atoms with Crippen LogP contribution < -0.4 is 5.32 Å². The van der Waals surface area contributed by atoms with E-state index in [0.717, 1.165) is 6.42 Å². The van der Waals surface area contributed by atoms with E-state index in [0.29, 0.717) is 5.57 Å². The molecular weight excluding hydrogens is 370 g/mol. The Morgan fingerprint density at radius 1 is 0.893 bits per heavy atom. The summed E-state index contributed by atoms with van der Waals surface area (Å²) in [4.78, 5) is 11.6. The molecule has 0 heterocycles. The van der Waals surface area contributed by atoms with Gasteiger partial charge in [0.1, 0.15) is 0 Å². The lowest BCUT2D eigenvalue weighted by atomic mass is 9.95. The van der Waals surface area contributed by atoms with Crippen molar-refractivity contribution in [2.75, 3.05) is 0 Å². The van der Waals surface area contributed by atoms with Crippen molar-refractivity contribution >= 4 is 18.4 Å². The van der Waals surface area contributed by atoms with Crippen LogP contribution in [0.25, 0.3) is 0 Å². The lowest BCUT2D eigenvalue weighted by molar-refractivity contribution is -0.145. The first kappa shape index (κ1) is 29.7. The summed E-state index contributed by atoms with van der Waals surface area (Å²) in [5.74, 6) is -0.327. The SMILES string of the molecule is C=C(C)C(=O)OC(C)NC(C)(C)CCCCCCCCCCCCCCC.Cl. The second-order valence-corrected chi connectivity index (χ2v) is 8.85. The third-order valence-corrected chi connectivity index (χ3v) is 5.13. The van der Waals surface area contributed by atoms with Crippen LogP contribution in [-0.4, -0.2) is 17.7 Å². The third-order valence-electron chi connectivity index (χ3n) is 5.13. The smallest absolute Gasteiger partial charge is 0.334 e. The molecule has 0 aliphatic rings. The molecule has 0 aliphatic heterocycles. The molecule has 1 unspecified atom stereocenters. The zero-order valence-electron chi connectivity index (χ0n) is 19.4. The minimum atomic E-state index is -0.327. The highest BCUT2D eigenvalue weighted by atomic mass is 35.5. The minimum Gasteiger partial charge on any atom is -0.444 e. The maximum Gasteiger partial charge on any atom is 0.334 e. The van der Waals surface area contributed by atoms with Crippen LogP contribution >= 0.6 is 12.4 Å². The second-order valence-electron chi connectivity index (χ2n) is 8.85. The number of ether oxygens (including phenoxy) is 1. The molecule has 0 saturated heterocycles. The molecule has 28 heavy (non-hydrogen) atoms. The fraction of sp³-hybridized carbons (Fsp3) is 0.875. The normalized spacial score (nSPS) is 12.3. The van der Waals surface area contributed by atoms with E-state index in [4.69, 9.17) is 4.74 Å². The van der Waals surface area contributed by atoms with Crippen molar-refractivity contribution < 1.29 is 9.53 Å². The number of halogens is 1. The number of carbonyl (C=O) groups is 1. The average molecular weight is 418 g/mol. The molecule has 3 nitrogen and oxygen atoms in total. The first-order valence-corrected chi connectivity index (χ1v) is 11.4. The quantitative estimate of drug-likeness (QED) is 0.107. The summed E-state index contributed by atoms with van der Waals surface area (Å²) in [7, 11) is 0. The van der Waals surface area contributed by atoms with Gasteiger partial charge in [0.25, 0.3) is 0 Å². The number of esters is 1. The van der Waals surface area contributed by atoms with Gasteiger partial charge in [0.15, 0.2) is 6.23 Å². The summed E-state index contributed by atoms with van der Waals surface area (Å²) in [6.45, 7) is 13.8. The molecule has 4 heteroatoms. The Kier molecular flexibility index (Phi) is 19.6. The predicted molar refractivity (Wildman–Crippen MR) is 125 cm³/mol. The molecule has 168 valence electrons. The third kappa shape index (κ3) is 18.8.